The van der Waals surface area contributed by atoms with E-state index in [1.165, 1.54) is 19.4 Å². The highest BCUT2D eigenvalue weighted by Gasteiger charge is 2.20. The van der Waals surface area contributed by atoms with Gasteiger partial charge in [0.2, 0.25) is 0 Å². The highest BCUT2D eigenvalue weighted by atomic mass is 35.5. The predicted molar refractivity (Wildman–Crippen MR) is 114 cm³/mol. The summed E-state index contributed by atoms with van der Waals surface area (Å²) < 4.78 is 0. The first-order chi connectivity index (χ1) is 13.7. The van der Waals surface area contributed by atoms with Crippen molar-refractivity contribution in [2.24, 2.45) is 0 Å². The summed E-state index contributed by atoms with van der Waals surface area (Å²) in [4.78, 5) is 16.0. The second kappa shape index (κ2) is 8.67. The van der Waals surface area contributed by atoms with E-state index in [9.17, 15) is 0 Å². The van der Waals surface area contributed by atoms with Crippen LogP contribution >= 0.6 is 11.6 Å². The summed E-state index contributed by atoms with van der Waals surface area (Å²) in [6, 6.07) is 12.3. The van der Waals surface area contributed by atoms with Crippen LogP contribution in [0.15, 0.2) is 55.0 Å². The Kier molecular flexibility index (Phi) is 5.84. The van der Waals surface area contributed by atoms with Gasteiger partial charge in [0.1, 0.15) is 5.82 Å². The Morgan fingerprint density at radius 3 is 2.71 bits per heavy atom. The van der Waals surface area contributed by atoms with Crippen LogP contribution in [0.5, 0.6) is 0 Å². The summed E-state index contributed by atoms with van der Waals surface area (Å²) in [5, 5.41) is 4.27. The highest BCUT2D eigenvalue weighted by Crippen LogP contribution is 2.29. The number of hydrogen-bond acceptors (Lipinski definition) is 5. The van der Waals surface area contributed by atoms with Crippen LogP contribution in [0.1, 0.15) is 19.3 Å². The second-order valence-electron chi connectivity index (χ2n) is 7.20. The van der Waals surface area contributed by atoms with E-state index in [-0.39, 0.29) is 0 Å². The third-order valence-electron chi connectivity index (χ3n) is 5.31. The molecular weight excluding hydrogens is 370 g/mol. The minimum Gasteiger partial charge on any atom is -0.369 e. The molecule has 2 aromatic heterocycles. The van der Waals surface area contributed by atoms with Crippen LogP contribution in [0.2, 0.25) is 5.02 Å². The lowest BCUT2D eigenvalue weighted by Gasteiger charge is -2.20. The van der Waals surface area contributed by atoms with Gasteiger partial charge in [0.25, 0.3) is 0 Å². The van der Waals surface area contributed by atoms with Crippen LogP contribution in [-0.2, 0) is 0 Å². The number of hydrogen-bond donors (Lipinski definition) is 1. The van der Waals surface area contributed by atoms with Gasteiger partial charge in [0.15, 0.2) is 5.82 Å². The van der Waals surface area contributed by atoms with Crippen molar-refractivity contribution >= 4 is 17.4 Å². The maximum atomic E-state index is 6.06. The van der Waals surface area contributed by atoms with Crippen molar-refractivity contribution < 1.29 is 0 Å². The van der Waals surface area contributed by atoms with E-state index in [1.54, 1.807) is 12.4 Å². The fourth-order valence-corrected chi connectivity index (χ4v) is 3.82. The summed E-state index contributed by atoms with van der Waals surface area (Å²) in [5.74, 6) is 1.52. The van der Waals surface area contributed by atoms with E-state index in [0.29, 0.717) is 11.9 Å². The first kappa shape index (κ1) is 18.8. The molecule has 1 N–H and O–H groups in total. The van der Waals surface area contributed by atoms with E-state index in [1.807, 2.05) is 42.6 Å². The van der Waals surface area contributed by atoms with Crippen molar-refractivity contribution in [3.63, 3.8) is 0 Å². The number of rotatable bonds is 6. The van der Waals surface area contributed by atoms with Crippen molar-refractivity contribution in [1.82, 2.24) is 19.9 Å². The summed E-state index contributed by atoms with van der Waals surface area (Å²) in [7, 11) is 2.21. The molecule has 0 aliphatic carbocycles. The molecular formula is C22H24ClN5. The molecule has 5 nitrogen and oxygen atoms in total. The molecule has 0 bridgehead atoms. The maximum absolute atomic E-state index is 6.06. The Morgan fingerprint density at radius 1 is 1.14 bits per heavy atom. The number of likely N-dealkylation sites (tertiary alicyclic amines) is 1. The van der Waals surface area contributed by atoms with Crippen molar-refractivity contribution in [3.8, 4) is 22.5 Å². The average molecular weight is 394 g/mol. The third-order valence-corrected chi connectivity index (χ3v) is 5.56. The molecule has 0 radical (unpaired) electrons. The quantitative estimate of drug-likeness (QED) is 0.654. The van der Waals surface area contributed by atoms with E-state index >= 15 is 0 Å². The van der Waals surface area contributed by atoms with Crippen molar-refractivity contribution in [3.05, 3.63) is 60.0 Å². The zero-order valence-electron chi connectivity index (χ0n) is 16.0. The number of halogens is 1. The monoisotopic (exact) mass is 393 g/mol. The predicted octanol–water partition coefficient (Wildman–Crippen LogP) is 4.76. The molecule has 4 rings (SSSR count). The lowest BCUT2D eigenvalue weighted by molar-refractivity contribution is 0.301. The van der Waals surface area contributed by atoms with E-state index in [0.717, 1.165) is 40.5 Å². The molecule has 28 heavy (non-hydrogen) atoms. The molecule has 3 heterocycles. The molecule has 1 aromatic carbocycles. The molecule has 6 heteroatoms. The zero-order valence-corrected chi connectivity index (χ0v) is 16.7. The number of benzene rings is 1. The SMILES string of the molecule is CN1CCCC1CCNc1nc(-c2cccnc2)ncc1-c1ccc(Cl)cc1. The largest absolute Gasteiger partial charge is 0.369 e. The van der Waals surface area contributed by atoms with Gasteiger partial charge in [0.05, 0.1) is 0 Å². The van der Waals surface area contributed by atoms with Gasteiger partial charge in [-0.1, -0.05) is 23.7 Å². The number of anilines is 1. The number of nitrogens with one attached hydrogen (secondary N) is 1. The Bertz CT molecular complexity index is 914. The summed E-state index contributed by atoms with van der Waals surface area (Å²) in [5.41, 5.74) is 2.93. The Hall–Kier alpha value is -2.50. The van der Waals surface area contributed by atoms with Crippen LogP contribution < -0.4 is 5.32 Å². The molecule has 3 aromatic rings. The van der Waals surface area contributed by atoms with Crippen molar-refractivity contribution in [2.45, 2.75) is 25.3 Å². The lowest BCUT2D eigenvalue weighted by Crippen LogP contribution is -2.27. The summed E-state index contributed by atoms with van der Waals surface area (Å²) in [6.45, 7) is 2.07. The van der Waals surface area contributed by atoms with Gasteiger partial charge < -0.3 is 10.2 Å². The number of nitrogens with zero attached hydrogens (tertiary/aromatic N) is 4. The molecule has 1 atom stereocenters. The smallest absolute Gasteiger partial charge is 0.163 e. The van der Waals surface area contributed by atoms with Gasteiger partial charge in [-0.25, -0.2) is 9.97 Å². The third kappa shape index (κ3) is 4.32. The van der Waals surface area contributed by atoms with Crippen LogP contribution in [0, 0.1) is 0 Å². The Labute approximate surface area is 170 Å². The Balaban J connectivity index is 1.60. The van der Waals surface area contributed by atoms with Gasteiger partial charge in [-0.05, 0) is 62.7 Å². The minimum absolute atomic E-state index is 0.645. The molecule has 1 fully saturated rings. The molecule has 144 valence electrons. The number of aromatic nitrogens is 3. The van der Waals surface area contributed by atoms with E-state index in [2.05, 4.69) is 27.2 Å². The molecule has 1 aliphatic heterocycles. The summed E-state index contributed by atoms with van der Waals surface area (Å²) >= 11 is 6.06. The average Bonchev–Trinajstić information content (AvgIpc) is 3.14. The highest BCUT2D eigenvalue weighted by molar-refractivity contribution is 6.30. The van der Waals surface area contributed by atoms with E-state index < -0.39 is 0 Å². The molecule has 0 saturated carbocycles. The van der Waals surface area contributed by atoms with Crippen molar-refractivity contribution in [1.29, 1.82) is 0 Å². The molecule has 1 saturated heterocycles. The van der Waals surface area contributed by atoms with Gasteiger partial charge in [-0.15, -0.1) is 0 Å². The molecule has 0 spiro atoms. The van der Waals surface area contributed by atoms with Crippen LogP contribution in [0.25, 0.3) is 22.5 Å². The Morgan fingerprint density at radius 2 is 2.00 bits per heavy atom. The van der Waals surface area contributed by atoms with Gasteiger partial charge in [-0.2, -0.15) is 0 Å². The van der Waals surface area contributed by atoms with Crippen LogP contribution in [0.3, 0.4) is 0 Å². The first-order valence-electron chi connectivity index (χ1n) is 9.68. The maximum Gasteiger partial charge on any atom is 0.163 e. The standard InChI is InChI=1S/C22H24ClN5/c1-28-13-3-5-19(28)10-12-25-22-20(16-6-8-18(23)9-7-16)15-26-21(27-22)17-4-2-11-24-14-17/h2,4,6-9,11,14-15,19H,3,5,10,12-13H2,1H3,(H,25,26,27). The van der Waals surface area contributed by atoms with Gasteiger partial charge >= 0.3 is 0 Å². The van der Waals surface area contributed by atoms with Crippen molar-refractivity contribution in [2.75, 3.05) is 25.5 Å². The second-order valence-corrected chi connectivity index (χ2v) is 7.63. The van der Waals surface area contributed by atoms with Gasteiger partial charge in [-0.3, -0.25) is 4.98 Å². The van der Waals surface area contributed by atoms with E-state index in [4.69, 9.17) is 16.6 Å². The van der Waals surface area contributed by atoms with Gasteiger partial charge in [0, 0.05) is 47.3 Å². The fourth-order valence-electron chi connectivity index (χ4n) is 3.69. The van der Waals surface area contributed by atoms with Crippen LogP contribution in [0.4, 0.5) is 5.82 Å². The lowest BCUT2D eigenvalue weighted by atomic mass is 10.1. The topological polar surface area (TPSA) is 53.9 Å². The van der Waals surface area contributed by atoms with Crippen LogP contribution in [-0.4, -0.2) is 46.0 Å². The molecule has 1 unspecified atom stereocenters. The normalized spacial score (nSPS) is 17.0. The minimum atomic E-state index is 0.645. The molecule has 0 amide bonds. The fraction of sp³-hybridized carbons (Fsp3) is 0.318. The summed E-state index contributed by atoms with van der Waals surface area (Å²) in [6.07, 6.45) is 9.07. The molecule has 1 aliphatic rings. The number of pyridine rings is 1. The zero-order chi connectivity index (χ0) is 19.3. The first-order valence-corrected chi connectivity index (χ1v) is 10.1.